The van der Waals surface area contributed by atoms with E-state index < -0.39 is 23.3 Å². The lowest BCUT2D eigenvalue weighted by Gasteiger charge is -2.12. The van der Waals surface area contributed by atoms with Gasteiger partial charge < -0.3 is 9.84 Å². The van der Waals surface area contributed by atoms with Crippen LogP contribution in [0, 0.1) is 5.92 Å². The van der Waals surface area contributed by atoms with Gasteiger partial charge in [-0.05, 0) is 30.5 Å². The van der Waals surface area contributed by atoms with Crippen molar-refractivity contribution in [3.05, 3.63) is 29.3 Å². The number of hydrogen-bond donors (Lipinski definition) is 1. The minimum atomic E-state index is -4.68. The molecule has 0 atom stereocenters. The van der Waals surface area contributed by atoms with Crippen LogP contribution >= 0.6 is 0 Å². The van der Waals surface area contributed by atoms with Gasteiger partial charge >= 0.3 is 12.1 Å². The monoisotopic (exact) mass is 274 g/mol. The van der Waals surface area contributed by atoms with E-state index in [0.717, 1.165) is 37.5 Å². The number of alkyl halides is 3. The number of carboxylic acid groups (broad SMARTS) is 1. The van der Waals surface area contributed by atoms with Crippen molar-refractivity contribution in [2.45, 2.75) is 25.4 Å². The highest BCUT2D eigenvalue weighted by Gasteiger charge is 2.35. The molecule has 0 aromatic heterocycles. The number of rotatable bonds is 5. The summed E-state index contributed by atoms with van der Waals surface area (Å²) < 4.78 is 43.1. The van der Waals surface area contributed by atoms with E-state index in [1.54, 1.807) is 0 Å². The molecule has 19 heavy (non-hydrogen) atoms. The van der Waals surface area contributed by atoms with Crippen molar-refractivity contribution >= 4 is 5.97 Å². The molecule has 0 heterocycles. The average molecular weight is 274 g/mol. The van der Waals surface area contributed by atoms with Crippen molar-refractivity contribution < 1.29 is 27.8 Å². The minimum absolute atomic E-state index is 0.158. The van der Waals surface area contributed by atoms with Crippen LogP contribution < -0.4 is 4.74 Å². The molecule has 1 aliphatic carbocycles. The van der Waals surface area contributed by atoms with E-state index in [9.17, 15) is 18.0 Å². The third kappa shape index (κ3) is 3.62. The van der Waals surface area contributed by atoms with Gasteiger partial charge in [0, 0.05) is 0 Å². The van der Waals surface area contributed by atoms with Crippen molar-refractivity contribution in [2.75, 3.05) is 6.61 Å². The first kappa shape index (κ1) is 13.7. The molecule has 6 heteroatoms. The Bertz CT molecular complexity index is 479. The second-order valence-corrected chi connectivity index (χ2v) is 4.59. The van der Waals surface area contributed by atoms with Crippen LogP contribution in [0.4, 0.5) is 13.2 Å². The fraction of sp³-hybridized carbons (Fsp3) is 0.462. The van der Waals surface area contributed by atoms with Crippen molar-refractivity contribution in [1.82, 2.24) is 0 Å². The third-order valence-corrected chi connectivity index (χ3v) is 3.02. The first-order valence-electron chi connectivity index (χ1n) is 5.95. The lowest BCUT2D eigenvalue weighted by Crippen LogP contribution is -2.13. The molecule has 0 saturated heterocycles. The Kier molecular flexibility index (Phi) is 3.68. The number of halogens is 3. The van der Waals surface area contributed by atoms with Crippen molar-refractivity contribution in [3.63, 3.8) is 0 Å². The smallest absolute Gasteiger partial charge is 0.417 e. The average Bonchev–Trinajstić information content (AvgIpc) is 3.11. The van der Waals surface area contributed by atoms with Gasteiger partial charge in [-0.25, -0.2) is 4.79 Å². The summed E-state index contributed by atoms with van der Waals surface area (Å²) in [4.78, 5) is 10.9. The topological polar surface area (TPSA) is 46.5 Å². The van der Waals surface area contributed by atoms with Gasteiger partial charge in [0.2, 0.25) is 0 Å². The van der Waals surface area contributed by atoms with Gasteiger partial charge in [-0.1, -0.05) is 12.8 Å². The molecular weight excluding hydrogens is 261 g/mol. The summed E-state index contributed by atoms with van der Waals surface area (Å²) in [6, 6.07) is 2.83. The quantitative estimate of drug-likeness (QED) is 0.892. The van der Waals surface area contributed by atoms with E-state index in [1.165, 1.54) is 0 Å². The molecule has 1 aliphatic rings. The van der Waals surface area contributed by atoms with Crippen molar-refractivity contribution in [3.8, 4) is 5.75 Å². The maximum atomic E-state index is 12.6. The normalized spacial score (nSPS) is 15.3. The molecule has 1 fully saturated rings. The highest BCUT2D eigenvalue weighted by atomic mass is 19.4. The van der Waals surface area contributed by atoms with E-state index in [1.807, 2.05) is 0 Å². The molecule has 2 rings (SSSR count). The van der Waals surface area contributed by atoms with E-state index in [2.05, 4.69) is 0 Å². The highest BCUT2D eigenvalue weighted by Crippen LogP contribution is 2.35. The predicted molar refractivity (Wildman–Crippen MR) is 61.2 cm³/mol. The lowest BCUT2D eigenvalue weighted by molar-refractivity contribution is -0.138. The summed E-state index contributed by atoms with van der Waals surface area (Å²) in [7, 11) is 0. The second-order valence-electron chi connectivity index (χ2n) is 4.59. The van der Waals surface area contributed by atoms with Crippen LogP contribution in [0.25, 0.3) is 0 Å². The molecule has 0 unspecified atom stereocenters. The Labute approximate surface area is 108 Å². The fourth-order valence-corrected chi connectivity index (χ4v) is 1.79. The van der Waals surface area contributed by atoms with E-state index in [4.69, 9.17) is 9.84 Å². The summed E-state index contributed by atoms with van der Waals surface area (Å²) in [5.74, 6) is -0.806. The number of aromatic carboxylic acids is 1. The summed E-state index contributed by atoms with van der Waals surface area (Å²) in [6.45, 7) is 0.398. The Hall–Kier alpha value is -1.72. The molecule has 1 aromatic carbocycles. The molecule has 0 radical (unpaired) electrons. The largest absolute Gasteiger partial charge is 0.494 e. The van der Waals surface area contributed by atoms with Gasteiger partial charge in [0.05, 0.1) is 17.7 Å². The van der Waals surface area contributed by atoms with Gasteiger partial charge in [0.25, 0.3) is 0 Å². The predicted octanol–water partition coefficient (Wildman–Crippen LogP) is 3.58. The first-order valence-corrected chi connectivity index (χ1v) is 5.95. The van der Waals surface area contributed by atoms with Gasteiger partial charge in [-0.3, -0.25) is 0 Å². The molecule has 1 N–H and O–H groups in total. The molecule has 3 nitrogen and oxygen atoms in total. The fourth-order valence-electron chi connectivity index (χ4n) is 1.79. The first-order chi connectivity index (χ1) is 8.88. The molecule has 0 bridgehead atoms. The lowest BCUT2D eigenvalue weighted by atomic mass is 10.1. The van der Waals surface area contributed by atoms with E-state index in [0.29, 0.717) is 12.5 Å². The summed E-state index contributed by atoms with van der Waals surface area (Å²) in [6.07, 6.45) is -1.50. The molecule has 104 valence electrons. The molecule has 1 aromatic rings. The second kappa shape index (κ2) is 5.11. The number of carbonyl (C=O) groups is 1. The molecule has 0 amide bonds. The van der Waals surface area contributed by atoms with Crippen LogP contribution in [-0.4, -0.2) is 17.7 Å². The molecule has 0 spiro atoms. The highest BCUT2D eigenvalue weighted by molar-refractivity contribution is 5.90. The number of ether oxygens (including phenoxy) is 1. The number of benzene rings is 1. The Morgan fingerprint density at radius 3 is 2.58 bits per heavy atom. The van der Waals surface area contributed by atoms with Crippen LogP contribution in [0.3, 0.4) is 0 Å². The van der Waals surface area contributed by atoms with Crippen LogP contribution in [0.1, 0.15) is 35.2 Å². The minimum Gasteiger partial charge on any atom is -0.494 e. The SMILES string of the molecule is O=C(O)c1cc(OCCC2CC2)ccc1C(F)(F)F. The molecular formula is C13H13F3O3. The van der Waals surface area contributed by atoms with Crippen LogP contribution in [0.15, 0.2) is 18.2 Å². The van der Waals surface area contributed by atoms with Crippen molar-refractivity contribution in [1.29, 1.82) is 0 Å². The van der Waals surface area contributed by atoms with E-state index >= 15 is 0 Å². The summed E-state index contributed by atoms with van der Waals surface area (Å²) >= 11 is 0. The molecule has 1 saturated carbocycles. The van der Waals surface area contributed by atoms with Gasteiger partial charge in [-0.2, -0.15) is 13.2 Å². The third-order valence-electron chi connectivity index (χ3n) is 3.02. The summed E-state index contributed by atoms with van der Waals surface area (Å²) in [5.41, 5.74) is -1.94. The maximum Gasteiger partial charge on any atom is 0.417 e. The number of hydrogen-bond acceptors (Lipinski definition) is 2. The van der Waals surface area contributed by atoms with Gasteiger partial charge in [0.1, 0.15) is 5.75 Å². The molecule has 0 aliphatic heterocycles. The van der Waals surface area contributed by atoms with E-state index in [-0.39, 0.29) is 5.75 Å². The zero-order valence-corrected chi connectivity index (χ0v) is 10.0. The summed E-state index contributed by atoms with van der Waals surface area (Å²) in [5, 5.41) is 8.82. The van der Waals surface area contributed by atoms with Crippen molar-refractivity contribution in [2.24, 2.45) is 5.92 Å². The van der Waals surface area contributed by atoms with Crippen LogP contribution in [-0.2, 0) is 6.18 Å². The van der Waals surface area contributed by atoms with Crippen LogP contribution in [0.2, 0.25) is 0 Å². The Morgan fingerprint density at radius 1 is 1.37 bits per heavy atom. The Balaban J connectivity index is 2.13. The standard InChI is InChI=1S/C13H13F3O3/c14-13(15,16)11-4-3-9(7-10(11)12(17)18)19-6-5-8-1-2-8/h3-4,7-8H,1-2,5-6H2,(H,17,18). The van der Waals surface area contributed by atoms with Gasteiger partial charge in [-0.15, -0.1) is 0 Å². The van der Waals surface area contributed by atoms with Gasteiger partial charge in [0.15, 0.2) is 0 Å². The van der Waals surface area contributed by atoms with Crippen LogP contribution in [0.5, 0.6) is 5.75 Å². The Morgan fingerprint density at radius 2 is 2.05 bits per heavy atom. The maximum absolute atomic E-state index is 12.6. The zero-order chi connectivity index (χ0) is 14.0. The zero-order valence-electron chi connectivity index (χ0n) is 10.0. The number of carboxylic acids is 1.